The molecule has 0 saturated heterocycles. The number of aliphatic hydroxyl groups excluding tert-OH is 1. The molecule has 0 bridgehead atoms. The summed E-state index contributed by atoms with van der Waals surface area (Å²) in [5, 5.41) is 10.1. The molecule has 0 atom stereocenters. The normalized spacial score (nSPS) is 10.8. The molecule has 0 spiro atoms. The number of halogens is 2. The second kappa shape index (κ2) is 7.13. The molecule has 1 amide bonds. The van der Waals surface area contributed by atoms with Crippen molar-refractivity contribution in [3.05, 3.63) is 51.5 Å². The van der Waals surface area contributed by atoms with Crippen molar-refractivity contribution in [1.82, 2.24) is 14.5 Å². The van der Waals surface area contributed by atoms with Gasteiger partial charge in [0.25, 0.3) is 5.91 Å². The van der Waals surface area contributed by atoms with Gasteiger partial charge in [0.1, 0.15) is 5.82 Å². The topological polar surface area (TPSA) is 58.4 Å². The van der Waals surface area contributed by atoms with Gasteiger partial charge in [-0.3, -0.25) is 4.79 Å². The first-order chi connectivity index (χ1) is 10.4. The molecule has 1 N–H and O–H groups in total. The fraction of sp³-hybridized carbons (Fsp3) is 0.333. The first-order valence-corrected chi connectivity index (χ1v) is 7.51. The van der Waals surface area contributed by atoms with Crippen LogP contribution in [0.4, 0.5) is 0 Å². The molecule has 0 aliphatic rings. The molecule has 2 aromatic rings. The van der Waals surface area contributed by atoms with E-state index in [0.717, 1.165) is 11.4 Å². The lowest BCUT2D eigenvalue weighted by Gasteiger charge is -2.22. The molecular formula is C15H17Cl2N3O2. The zero-order chi connectivity index (χ0) is 16.3. The lowest BCUT2D eigenvalue weighted by Crippen LogP contribution is -2.34. The number of nitrogens with zero attached hydrogens (tertiary/aromatic N) is 3. The largest absolute Gasteiger partial charge is 0.395 e. The SMILES string of the molecule is Cc1c(Cl)cc(C(=O)N(CCO)Cc2nccn2C)cc1Cl. The van der Waals surface area contributed by atoms with Gasteiger partial charge in [0.15, 0.2) is 0 Å². The van der Waals surface area contributed by atoms with Crippen molar-refractivity contribution in [1.29, 1.82) is 0 Å². The second-order valence-electron chi connectivity index (χ2n) is 4.97. The summed E-state index contributed by atoms with van der Waals surface area (Å²) in [6.07, 6.45) is 3.47. The number of carbonyl (C=O) groups excluding carboxylic acids is 1. The van der Waals surface area contributed by atoms with E-state index in [9.17, 15) is 9.90 Å². The van der Waals surface area contributed by atoms with E-state index >= 15 is 0 Å². The molecule has 118 valence electrons. The molecule has 0 aliphatic carbocycles. The molecule has 0 aliphatic heterocycles. The Balaban J connectivity index is 2.28. The van der Waals surface area contributed by atoms with Gasteiger partial charge >= 0.3 is 0 Å². The van der Waals surface area contributed by atoms with Crippen LogP contribution in [-0.2, 0) is 13.6 Å². The van der Waals surface area contributed by atoms with Crippen molar-refractivity contribution >= 4 is 29.1 Å². The highest BCUT2D eigenvalue weighted by atomic mass is 35.5. The van der Waals surface area contributed by atoms with Gasteiger partial charge in [-0.15, -0.1) is 0 Å². The molecule has 0 radical (unpaired) electrons. The van der Waals surface area contributed by atoms with Gasteiger partial charge in [0.2, 0.25) is 0 Å². The number of hydrogen-bond donors (Lipinski definition) is 1. The van der Waals surface area contributed by atoms with Gasteiger partial charge in [-0.2, -0.15) is 0 Å². The number of aliphatic hydroxyl groups is 1. The van der Waals surface area contributed by atoms with Gasteiger partial charge in [-0.05, 0) is 24.6 Å². The zero-order valence-electron chi connectivity index (χ0n) is 12.4. The van der Waals surface area contributed by atoms with Crippen LogP contribution in [0.15, 0.2) is 24.5 Å². The average molecular weight is 342 g/mol. The summed E-state index contributed by atoms with van der Waals surface area (Å²) in [5.74, 6) is 0.479. The Bertz CT molecular complexity index is 662. The Morgan fingerprint density at radius 3 is 2.50 bits per heavy atom. The third kappa shape index (κ3) is 3.61. The van der Waals surface area contributed by atoms with E-state index in [-0.39, 0.29) is 19.1 Å². The summed E-state index contributed by atoms with van der Waals surface area (Å²) in [6.45, 7) is 2.16. The maximum absolute atomic E-state index is 12.6. The van der Waals surface area contributed by atoms with E-state index in [1.54, 1.807) is 31.5 Å². The van der Waals surface area contributed by atoms with Crippen LogP contribution in [0.3, 0.4) is 0 Å². The minimum absolute atomic E-state index is 0.135. The molecule has 2 rings (SSSR count). The van der Waals surface area contributed by atoms with Crippen LogP contribution in [0.5, 0.6) is 0 Å². The number of imidazole rings is 1. The fourth-order valence-corrected chi connectivity index (χ4v) is 2.53. The summed E-state index contributed by atoms with van der Waals surface area (Å²) in [5.41, 5.74) is 1.13. The monoisotopic (exact) mass is 341 g/mol. The van der Waals surface area contributed by atoms with Crippen molar-refractivity contribution in [2.24, 2.45) is 7.05 Å². The number of carbonyl (C=O) groups is 1. The van der Waals surface area contributed by atoms with Crippen molar-refractivity contribution in [2.75, 3.05) is 13.2 Å². The molecule has 1 aromatic carbocycles. The quantitative estimate of drug-likeness (QED) is 0.909. The first kappa shape index (κ1) is 16.8. The zero-order valence-corrected chi connectivity index (χ0v) is 13.9. The fourth-order valence-electron chi connectivity index (χ4n) is 2.04. The van der Waals surface area contributed by atoms with Crippen LogP contribution >= 0.6 is 23.2 Å². The minimum Gasteiger partial charge on any atom is -0.395 e. The van der Waals surface area contributed by atoms with Crippen molar-refractivity contribution in [2.45, 2.75) is 13.5 Å². The standard InChI is InChI=1S/C15H17Cl2N3O2/c1-10-12(16)7-11(8-13(10)17)15(22)20(5-6-21)9-14-18-3-4-19(14)2/h3-4,7-8,21H,5-6,9H2,1-2H3. The van der Waals surface area contributed by atoms with E-state index in [1.165, 1.54) is 4.90 Å². The Morgan fingerprint density at radius 1 is 1.36 bits per heavy atom. The minimum atomic E-state index is -0.249. The lowest BCUT2D eigenvalue weighted by atomic mass is 10.1. The Morgan fingerprint density at radius 2 is 2.00 bits per heavy atom. The van der Waals surface area contributed by atoms with E-state index in [2.05, 4.69) is 4.98 Å². The predicted octanol–water partition coefficient (Wildman–Crippen LogP) is 2.67. The van der Waals surface area contributed by atoms with Gasteiger partial charge in [-0.25, -0.2) is 4.98 Å². The predicted molar refractivity (Wildman–Crippen MR) is 86.2 cm³/mol. The van der Waals surface area contributed by atoms with E-state index < -0.39 is 0 Å². The Kier molecular flexibility index (Phi) is 5.45. The maximum atomic E-state index is 12.6. The van der Waals surface area contributed by atoms with Crippen molar-refractivity contribution in [3.63, 3.8) is 0 Å². The maximum Gasteiger partial charge on any atom is 0.254 e. The molecular weight excluding hydrogens is 325 g/mol. The molecule has 0 fully saturated rings. The van der Waals surface area contributed by atoms with Crippen LogP contribution in [0, 0.1) is 6.92 Å². The first-order valence-electron chi connectivity index (χ1n) is 6.76. The second-order valence-corrected chi connectivity index (χ2v) is 5.78. The van der Waals surface area contributed by atoms with Crippen LogP contribution in [0.2, 0.25) is 10.0 Å². The van der Waals surface area contributed by atoms with Crippen LogP contribution in [0.25, 0.3) is 0 Å². The third-order valence-corrected chi connectivity index (χ3v) is 4.22. The van der Waals surface area contributed by atoms with Gasteiger partial charge in [-0.1, -0.05) is 23.2 Å². The van der Waals surface area contributed by atoms with Gasteiger partial charge < -0.3 is 14.6 Å². The highest BCUT2D eigenvalue weighted by Gasteiger charge is 2.19. The highest BCUT2D eigenvalue weighted by Crippen LogP contribution is 2.26. The van der Waals surface area contributed by atoms with Crippen LogP contribution < -0.4 is 0 Å². The average Bonchev–Trinajstić information content (AvgIpc) is 2.88. The molecule has 0 saturated carbocycles. The lowest BCUT2D eigenvalue weighted by molar-refractivity contribution is 0.0701. The molecule has 1 aromatic heterocycles. The Labute approximate surface area is 139 Å². The van der Waals surface area contributed by atoms with E-state index in [1.807, 2.05) is 11.6 Å². The summed E-state index contributed by atoms with van der Waals surface area (Å²) in [7, 11) is 1.85. The molecule has 22 heavy (non-hydrogen) atoms. The summed E-state index contributed by atoms with van der Waals surface area (Å²) in [6, 6.07) is 3.18. The highest BCUT2D eigenvalue weighted by molar-refractivity contribution is 6.36. The van der Waals surface area contributed by atoms with Crippen LogP contribution in [-0.4, -0.2) is 38.6 Å². The number of aromatic nitrogens is 2. The molecule has 1 heterocycles. The number of benzene rings is 1. The van der Waals surface area contributed by atoms with Crippen molar-refractivity contribution in [3.8, 4) is 0 Å². The third-order valence-electron chi connectivity index (χ3n) is 3.44. The van der Waals surface area contributed by atoms with Crippen LogP contribution in [0.1, 0.15) is 21.7 Å². The molecule has 7 heteroatoms. The molecule has 0 unspecified atom stereocenters. The van der Waals surface area contributed by atoms with Gasteiger partial charge in [0.05, 0.1) is 13.2 Å². The number of amides is 1. The van der Waals surface area contributed by atoms with E-state index in [0.29, 0.717) is 22.2 Å². The number of aryl methyl sites for hydroxylation is 1. The summed E-state index contributed by atoms with van der Waals surface area (Å²) >= 11 is 12.2. The summed E-state index contributed by atoms with van der Waals surface area (Å²) in [4.78, 5) is 18.4. The Hall–Kier alpha value is -1.56. The summed E-state index contributed by atoms with van der Waals surface area (Å²) < 4.78 is 1.83. The smallest absolute Gasteiger partial charge is 0.254 e. The number of hydrogen-bond acceptors (Lipinski definition) is 3. The van der Waals surface area contributed by atoms with Crippen molar-refractivity contribution < 1.29 is 9.90 Å². The molecule has 5 nitrogen and oxygen atoms in total. The van der Waals surface area contributed by atoms with E-state index in [4.69, 9.17) is 23.2 Å². The number of rotatable bonds is 5. The van der Waals surface area contributed by atoms with Gasteiger partial charge in [0, 0.05) is 41.6 Å².